The van der Waals surface area contributed by atoms with Crippen LogP contribution in [0.1, 0.15) is 0 Å². The summed E-state index contributed by atoms with van der Waals surface area (Å²) in [7, 11) is 0. The van der Waals surface area contributed by atoms with E-state index in [-0.39, 0.29) is 24.8 Å². The smallest absolute Gasteiger partial charge is 0.254 e. The van der Waals surface area contributed by atoms with E-state index in [1.54, 1.807) is 0 Å². The van der Waals surface area contributed by atoms with Crippen molar-refractivity contribution in [2.45, 2.75) is 12.5 Å². The molecule has 0 aromatic heterocycles. The molecule has 0 aliphatic carbocycles. The van der Waals surface area contributed by atoms with Crippen LogP contribution in [0.25, 0.3) is 0 Å². The van der Waals surface area contributed by atoms with Crippen LogP contribution in [-0.2, 0) is 0 Å². The molecule has 0 saturated carbocycles. The Hall–Kier alpha value is 0.360. The van der Waals surface area contributed by atoms with Crippen LogP contribution in [0, 0.1) is 0 Å². The molecule has 1 aliphatic heterocycles. The zero-order valence-corrected chi connectivity index (χ0v) is 7.48. The molecule has 0 bridgehead atoms. The highest BCUT2D eigenvalue weighted by molar-refractivity contribution is 5.85. The fourth-order valence-electron chi connectivity index (χ4n) is 0.854. The van der Waals surface area contributed by atoms with E-state index in [1.807, 2.05) is 0 Å². The maximum Gasteiger partial charge on any atom is 0.254 e. The van der Waals surface area contributed by atoms with E-state index < -0.39 is 12.5 Å². The Labute approximate surface area is 76.9 Å². The highest BCUT2D eigenvalue weighted by atomic mass is 35.5. The lowest BCUT2D eigenvalue weighted by molar-refractivity contribution is 0.0911. The summed E-state index contributed by atoms with van der Waals surface area (Å²) < 4.78 is 23.6. The fourth-order valence-corrected chi connectivity index (χ4v) is 0.854. The second-order valence-corrected chi connectivity index (χ2v) is 2.10. The Morgan fingerprint density at radius 3 is 2.09 bits per heavy atom. The molecule has 1 unspecified atom stereocenters. The second kappa shape index (κ2) is 7.03. The fraction of sp³-hybridized carbons (Fsp3) is 1.00. The molecule has 0 aromatic rings. The molecule has 2 nitrogen and oxygen atoms in total. The number of rotatable bonds is 1. The standard InChI is InChI=1S/C5H10F2N2.2ClH/c6-5(7)4-3-8-1-2-9-4;;/h4-5,8-9H,1-3H2;2*1H. The molecule has 1 saturated heterocycles. The molecule has 1 rings (SSSR count). The third-order valence-corrected chi connectivity index (χ3v) is 1.38. The molecule has 2 N–H and O–H groups in total. The van der Waals surface area contributed by atoms with E-state index in [9.17, 15) is 8.78 Å². The summed E-state index contributed by atoms with van der Waals surface area (Å²) in [5.74, 6) is 0. The van der Waals surface area contributed by atoms with Crippen molar-refractivity contribution in [2.24, 2.45) is 0 Å². The minimum absolute atomic E-state index is 0. The zero-order valence-electron chi connectivity index (χ0n) is 5.85. The lowest BCUT2D eigenvalue weighted by atomic mass is 10.2. The van der Waals surface area contributed by atoms with Crippen molar-refractivity contribution >= 4 is 24.8 Å². The van der Waals surface area contributed by atoms with Crippen LogP contribution in [0.3, 0.4) is 0 Å². The average Bonchev–Trinajstić information content (AvgIpc) is 1.90. The van der Waals surface area contributed by atoms with Crippen molar-refractivity contribution in [2.75, 3.05) is 19.6 Å². The van der Waals surface area contributed by atoms with Gasteiger partial charge in [0.15, 0.2) is 0 Å². The van der Waals surface area contributed by atoms with Crippen molar-refractivity contribution in [3.8, 4) is 0 Å². The molecule has 1 atom stereocenters. The molecular formula is C5H12Cl2F2N2. The van der Waals surface area contributed by atoms with E-state index in [1.165, 1.54) is 0 Å². The average molecular weight is 209 g/mol. The van der Waals surface area contributed by atoms with Gasteiger partial charge in [-0.25, -0.2) is 8.78 Å². The largest absolute Gasteiger partial charge is 0.314 e. The lowest BCUT2D eigenvalue weighted by Crippen LogP contribution is -2.51. The maximum absolute atomic E-state index is 11.8. The predicted molar refractivity (Wildman–Crippen MR) is 45.2 cm³/mol. The van der Waals surface area contributed by atoms with Gasteiger partial charge < -0.3 is 10.6 Å². The van der Waals surface area contributed by atoms with Crippen LogP contribution >= 0.6 is 24.8 Å². The number of piperazine rings is 1. The molecule has 6 heteroatoms. The number of hydrogen-bond acceptors (Lipinski definition) is 2. The van der Waals surface area contributed by atoms with Gasteiger partial charge in [-0.3, -0.25) is 0 Å². The van der Waals surface area contributed by atoms with E-state index in [0.717, 1.165) is 6.54 Å². The Bertz CT molecular complexity index is 88.6. The summed E-state index contributed by atoms with van der Waals surface area (Å²) in [5.41, 5.74) is 0. The SMILES string of the molecule is Cl.Cl.FC(F)C1CNCCN1. The second-order valence-electron chi connectivity index (χ2n) is 2.10. The number of alkyl halides is 2. The van der Waals surface area contributed by atoms with Crippen molar-refractivity contribution in [1.29, 1.82) is 0 Å². The van der Waals surface area contributed by atoms with Crippen molar-refractivity contribution in [3.05, 3.63) is 0 Å². The van der Waals surface area contributed by atoms with Gasteiger partial charge in [-0.2, -0.15) is 0 Å². The van der Waals surface area contributed by atoms with Crippen molar-refractivity contribution in [3.63, 3.8) is 0 Å². The van der Waals surface area contributed by atoms with Gasteiger partial charge in [-0.15, -0.1) is 24.8 Å². The predicted octanol–water partition coefficient (Wildman–Crippen LogP) is 0.656. The number of hydrogen-bond donors (Lipinski definition) is 2. The first-order chi connectivity index (χ1) is 4.30. The van der Waals surface area contributed by atoms with Crippen LogP contribution < -0.4 is 10.6 Å². The Kier molecular flexibility index (Phi) is 8.90. The first kappa shape index (κ1) is 13.9. The van der Waals surface area contributed by atoms with Crippen LogP contribution in [0.15, 0.2) is 0 Å². The van der Waals surface area contributed by atoms with Gasteiger partial charge in [-0.05, 0) is 0 Å². The summed E-state index contributed by atoms with van der Waals surface area (Å²) >= 11 is 0. The first-order valence-corrected chi connectivity index (χ1v) is 3.03. The third kappa shape index (κ3) is 4.74. The molecule has 70 valence electrons. The normalized spacial score (nSPS) is 23.7. The van der Waals surface area contributed by atoms with Gasteiger partial charge in [0, 0.05) is 19.6 Å². The first-order valence-electron chi connectivity index (χ1n) is 3.03. The summed E-state index contributed by atoms with van der Waals surface area (Å²) in [4.78, 5) is 0. The Balaban J connectivity index is 0. The van der Waals surface area contributed by atoms with Crippen LogP contribution in [0.5, 0.6) is 0 Å². The highest BCUT2D eigenvalue weighted by Gasteiger charge is 2.20. The monoisotopic (exact) mass is 208 g/mol. The maximum atomic E-state index is 11.8. The van der Waals surface area contributed by atoms with Gasteiger partial charge in [0.25, 0.3) is 6.43 Å². The third-order valence-electron chi connectivity index (χ3n) is 1.38. The van der Waals surface area contributed by atoms with E-state index in [2.05, 4.69) is 10.6 Å². The van der Waals surface area contributed by atoms with Gasteiger partial charge >= 0.3 is 0 Å². The summed E-state index contributed by atoms with van der Waals surface area (Å²) in [6.07, 6.45) is -2.24. The molecule has 0 spiro atoms. The number of nitrogens with one attached hydrogen (secondary N) is 2. The van der Waals surface area contributed by atoms with Gasteiger partial charge in [0.05, 0.1) is 6.04 Å². The van der Waals surface area contributed by atoms with Gasteiger partial charge in [-0.1, -0.05) is 0 Å². The van der Waals surface area contributed by atoms with E-state index in [4.69, 9.17) is 0 Å². The lowest BCUT2D eigenvalue weighted by Gasteiger charge is -2.23. The van der Waals surface area contributed by atoms with Crippen LogP contribution in [-0.4, -0.2) is 32.1 Å². The van der Waals surface area contributed by atoms with Gasteiger partial charge in [0.2, 0.25) is 0 Å². The van der Waals surface area contributed by atoms with Gasteiger partial charge in [0.1, 0.15) is 0 Å². The Morgan fingerprint density at radius 2 is 1.82 bits per heavy atom. The molecular weight excluding hydrogens is 197 g/mol. The molecule has 11 heavy (non-hydrogen) atoms. The zero-order chi connectivity index (χ0) is 6.69. The van der Waals surface area contributed by atoms with E-state index in [0.29, 0.717) is 13.1 Å². The summed E-state index contributed by atoms with van der Waals surface area (Å²) in [6.45, 7) is 1.83. The van der Waals surface area contributed by atoms with Crippen molar-refractivity contribution < 1.29 is 8.78 Å². The van der Waals surface area contributed by atoms with Crippen LogP contribution in [0.2, 0.25) is 0 Å². The molecule has 1 fully saturated rings. The Morgan fingerprint density at radius 1 is 1.18 bits per heavy atom. The number of halogens is 4. The topological polar surface area (TPSA) is 24.1 Å². The summed E-state index contributed by atoms with van der Waals surface area (Å²) in [5, 5.41) is 5.58. The highest BCUT2D eigenvalue weighted by Crippen LogP contribution is 2.00. The minimum Gasteiger partial charge on any atom is -0.314 e. The van der Waals surface area contributed by atoms with Crippen LogP contribution in [0.4, 0.5) is 8.78 Å². The molecule has 0 radical (unpaired) electrons. The molecule has 1 aliphatic rings. The van der Waals surface area contributed by atoms with E-state index >= 15 is 0 Å². The molecule has 0 amide bonds. The quantitative estimate of drug-likeness (QED) is 0.662. The molecule has 1 heterocycles. The summed E-state index contributed by atoms with van der Waals surface area (Å²) in [6, 6.07) is -0.640. The minimum atomic E-state index is -2.24. The molecule has 0 aromatic carbocycles. The van der Waals surface area contributed by atoms with Crippen molar-refractivity contribution in [1.82, 2.24) is 10.6 Å².